The Bertz CT molecular complexity index is 805. The number of rotatable bonds is 4. The van der Waals surface area contributed by atoms with Crippen LogP contribution in [0.5, 0.6) is 0 Å². The first kappa shape index (κ1) is 16.7. The Morgan fingerprint density at radius 3 is 2.25 bits per heavy atom. The van der Waals surface area contributed by atoms with Gasteiger partial charge in [0, 0.05) is 19.3 Å². The van der Waals surface area contributed by atoms with Gasteiger partial charge in [0.2, 0.25) is 9.84 Å². The lowest BCUT2D eigenvalue weighted by Gasteiger charge is -2.26. The fraction of sp³-hybridized carbons (Fsp3) is 0.263. The van der Waals surface area contributed by atoms with Gasteiger partial charge >= 0.3 is 0 Å². The van der Waals surface area contributed by atoms with Crippen molar-refractivity contribution in [3.63, 3.8) is 0 Å². The second-order valence-corrected chi connectivity index (χ2v) is 7.74. The van der Waals surface area contributed by atoms with E-state index >= 15 is 0 Å². The summed E-state index contributed by atoms with van der Waals surface area (Å²) < 4.78 is 31.7. The Morgan fingerprint density at radius 1 is 1.00 bits per heavy atom. The van der Waals surface area contributed by atoms with Gasteiger partial charge in [0.1, 0.15) is 0 Å². The summed E-state index contributed by atoms with van der Waals surface area (Å²) >= 11 is 0. The largest absolute Gasteiger partial charge is 0.378 e. The predicted octanol–water partition coefficient (Wildman–Crippen LogP) is 3.10. The molecule has 0 unspecified atom stereocenters. The van der Waals surface area contributed by atoms with E-state index in [1.807, 2.05) is 54.3 Å². The van der Waals surface area contributed by atoms with Gasteiger partial charge in [-0.15, -0.1) is 0 Å². The zero-order valence-electron chi connectivity index (χ0n) is 13.7. The molecule has 24 heavy (non-hydrogen) atoms. The Kier molecular flexibility index (Phi) is 5.02. The van der Waals surface area contributed by atoms with Gasteiger partial charge in [0.05, 0.1) is 23.0 Å². The summed E-state index contributed by atoms with van der Waals surface area (Å²) in [6.45, 7) is 4.56. The van der Waals surface area contributed by atoms with Crippen molar-refractivity contribution in [3.05, 3.63) is 71.9 Å². The molecule has 0 N–H and O–H groups in total. The zero-order chi connectivity index (χ0) is 17.0. The molecule has 1 saturated heterocycles. The van der Waals surface area contributed by atoms with Gasteiger partial charge in [-0.3, -0.25) is 0 Å². The molecule has 1 fully saturated rings. The average Bonchev–Trinajstić information content (AvgIpc) is 2.61. The maximum absolute atomic E-state index is 13.2. The van der Waals surface area contributed by atoms with Crippen molar-refractivity contribution in [3.8, 4) is 0 Å². The maximum Gasteiger partial charge on any atom is 0.208 e. The summed E-state index contributed by atoms with van der Waals surface area (Å²) in [6, 6.07) is 16.2. The lowest BCUT2D eigenvalue weighted by Crippen LogP contribution is -2.32. The molecule has 0 amide bonds. The van der Waals surface area contributed by atoms with Crippen LogP contribution in [0.1, 0.15) is 11.1 Å². The minimum absolute atomic E-state index is 0.316. The normalized spacial score (nSPS) is 16.2. The highest BCUT2D eigenvalue weighted by Gasteiger charge is 2.23. The fourth-order valence-corrected chi connectivity index (χ4v) is 4.10. The Morgan fingerprint density at radius 2 is 1.62 bits per heavy atom. The zero-order valence-corrected chi connectivity index (χ0v) is 14.5. The molecule has 1 heterocycles. The average molecular weight is 343 g/mol. The van der Waals surface area contributed by atoms with E-state index in [2.05, 4.69) is 0 Å². The van der Waals surface area contributed by atoms with Gasteiger partial charge in [-0.1, -0.05) is 48.0 Å². The van der Waals surface area contributed by atoms with Crippen molar-refractivity contribution >= 4 is 14.7 Å². The van der Waals surface area contributed by atoms with Crippen LogP contribution in [-0.2, 0) is 14.6 Å². The number of sulfone groups is 1. The highest BCUT2D eigenvalue weighted by molar-refractivity contribution is 8.00. The molecule has 0 aromatic heterocycles. The van der Waals surface area contributed by atoms with E-state index in [9.17, 15) is 8.42 Å². The van der Waals surface area contributed by atoms with Gasteiger partial charge in [-0.05, 0) is 24.6 Å². The molecule has 0 radical (unpaired) electrons. The lowest BCUT2D eigenvalue weighted by atomic mass is 10.2. The molecule has 126 valence electrons. The summed E-state index contributed by atoms with van der Waals surface area (Å²) in [5.74, 6) is 0. The minimum atomic E-state index is -3.59. The number of nitrogens with zero attached hydrogens (tertiary/aromatic N) is 1. The van der Waals surface area contributed by atoms with Crippen LogP contribution < -0.4 is 0 Å². The van der Waals surface area contributed by atoms with Gasteiger partial charge in [-0.2, -0.15) is 0 Å². The van der Waals surface area contributed by atoms with Crippen LogP contribution >= 0.6 is 0 Å². The molecule has 3 rings (SSSR count). The van der Waals surface area contributed by atoms with E-state index < -0.39 is 9.84 Å². The van der Waals surface area contributed by atoms with E-state index in [1.165, 1.54) is 0 Å². The molecule has 2 aromatic rings. The molecule has 0 spiro atoms. The van der Waals surface area contributed by atoms with Crippen molar-refractivity contribution in [2.24, 2.45) is 0 Å². The molecule has 0 saturated carbocycles. The number of ether oxygens (including phenoxy) is 1. The quantitative estimate of drug-likeness (QED) is 0.856. The first-order valence-corrected chi connectivity index (χ1v) is 9.46. The first-order valence-electron chi connectivity index (χ1n) is 7.98. The highest BCUT2D eigenvalue weighted by atomic mass is 32.2. The number of hydrogen-bond donors (Lipinski definition) is 0. The highest BCUT2D eigenvalue weighted by Crippen LogP contribution is 2.28. The van der Waals surface area contributed by atoms with Crippen LogP contribution in [0, 0.1) is 6.92 Å². The number of aryl methyl sites for hydroxylation is 1. The van der Waals surface area contributed by atoms with E-state index in [0.717, 1.165) is 5.56 Å². The smallest absolute Gasteiger partial charge is 0.208 e. The molecule has 2 aromatic carbocycles. The number of hydrogen-bond acceptors (Lipinski definition) is 4. The van der Waals surface area contributed by atoms with Gasteiger partial charge in [-0.25, -0.2) is 8.42 Å². The van der Waals surface area contributed by atoms with Crippen LogP contribution in [0.15, 0.2) is 65.7 Å². The molecule has 0 aliphatic carbocycles. The second kappa shape index (κ2) is 7.20. The summed E-state index contributed by atoms with van der Waals surface area (Å²) in [4.78, 5) is 2.66. The van der Waals surface area contributed by atoms with Gasteiger partial charge < -0.3 is 9.64 Å². The van der Waals surface area contributed by atoms with Crippen LogP contribution in [0.3, 0.4) is 0 Å². The predicted molar refractivity (Wildman–Crippen MR) is 95.2 cm³/mol. The third-order valence-electron chi connectivity index (χ3n) is 4.02. The Hall–Kier alpha value is -2.11. The van der Waals surface area contributed by atoms with E-state index in [1.54, 1.807) is 18.3 Å². The van der Waals surface area contributed by atoms with E-state index in [-0.39, 0.29) is 0 Å². The molecular weight excluding hydrogens is 322 g/mol. The third-order valence-corrected chi connectivity index (χ3v) is 5.84. The van der Waals surface area contributed by atoms with Crippen molar-refractivity contribution in [1.29, 1.82) is 0 Å². The number of benzene rings is 2. The first-order chi connectivity index (χ1) is 11.6. The van der Waals surface area contributed by atoms with Crippen LogP contribution in [-0.4, -0.2) is 39.6 Å². The standard InChI is InChI=1S/C19H21NO3S/c1-16-7-9-18(10-8-16)24(21,22)19(17-5-3-2-4-6-17)15-20-11-13-23-14-12-20/h2-10,15H,11-14H2,1H3. The Balaban J connectivity index is 2.06. The van der Waals surface area contributed by atoms with Crippen molar-refractivity contribution in [2.45, 2.75) is 11.8 Å². The summed E-state index contributed by atoms with van der Waals surface area (Å²) in [5, 5.41) is 0. The molecule has 0 bridgehead atoms. The topological polar surface area (TPSA) is 46.6 Å². The van der Waals surface area contributed by atoms with Crippen molar-refractivity contribution in [2.75, 3.05) is 26.3 Å². The van der Waals surface area contributed by atoms with E-state index in [0.29, 0.717) is 41.7 Å². The monoisotopic (exact) mass is 343 g/mol. The fourth-order valence-electron chi connectivity index (χ4n) is 2.62. The van der Waals surface area contributed by atoms with Gasteiger partial charge in [0.25, 0.3) is 0 Å². The third kappa shape index (κ3) is 3.68. The summed E-state index contributed by atoms with van der Waals surface area (Å²) in [7, 11) is -3.59. The summed E-state index contributed by atoms with van der Waals surface area (Å²) in [6.07, 6.45) is 1.76. The van der Waals surface area contributed by atoms with Crippen molar-refractivity contribution in [1.82, 2.24) is 4.90 Å². The molecule has 4 nitrogen and oxygen atoms in total. The molecule has 0 atom stereocenters. The maximum atomic E-state index is 13.2. The van der Waals surface area contributed by atoms with Crippen LogP contribution in [0.2, 0.25) is 0 Å². The molecular formula is C19H21NO3S. The molecule has 1 aliphatic heterocycles. The van der Waals surface area contributed by atoms with Crippen LogP contribution in [0.4, 0.5) is 0 Å². The van der Waals surface area contributed by atoms with E-state index in [4.69, 9.17) is 4.74 Å². The molecule has 5 heteroatoms. The molecule has 1 aliphatic rings. The lowest BCUT2D eigenvalue weighted by molar-refractivity contribution is 0.0597. The second-order valence-electron chi connectivity index (χ2n) is 5.82. The number of morpholine rings is 1. The Labute approximate surface area is 143 Å². The SMILES string of the molecule is Cc1ccc(S(=O)(=O)C(=CN2CCOCC2)c2ccccc2)cc1. The van der Waals surface area contributed by atoms with Crippen LogP contribution in [0.25, 0.3) is 4.91 Å². The minimum Gasteiger partial charge on any atom is -0.378 e. The summed E-state index contributed by atoms with van der Waals surface area (Å²) in [5.41, 5.74) is 1.73. The van der Waals surface area contributed by atoms with Crippen molar-refractivity contribution < 1.29 is 13.2 Å². The van der Waals surface area contributed by atoms with Gasteiger partial charge in [0.15, 0.2) is 0 Å².